The number of methoxy groups -OCH3 is 1. The maximum atomic E-state index is 14.4. The number of ether oxygens (including phenoxy) is 2. The van der Waals surface area contributed by atoms with Gasteiger partial charge in [0.2, 0.25) is 5.75 Å². The van der Waals surface area contributed by atoms with Gasteiger partial charge in [-0.15, -0.1) is 0 Å². The van der Waals surface area contributed by atoms with Crippen LogP contribution in [0.25, 0.3) is 0 Å². The van der Waals surface area contributed by atoms with Crippen molar-refractivity contribution in [2.24, 2.45) is 0 Å². The van der Waals surface area contributed by atoms with Gasteiger partial charge in [-0.2, -0.15) is 14.0 Å². The standard InChI is InChI=1S/C23H19F6N5O4/c1-10-13(6-30)4-12(19(24)25)5-15(10)38-17-18(23(28,29)22(26)27)31-9-34(21(17)36)7-14-11(2)32-16(8-37-3)33-20(14)35/h4-5,9,19,22H,7-8H2,1-3H3,(H,32,33,35). The summed E-state index contributed by atoms with van der Waals surface area (Å²) in [5, 5.41) is 9.25. The van der Waals surface area contributed by atoms with Crippen LogP contribution in [0, 0.1) is 25.2 Å². The molecule has 2 aromatic heterocycles. The Morgan fingerprint density at radius 3 is 2.42 bits per heavy atom. The summed E-state index contributed by atoms with van der Waals surface area (Å²) >= 11 is 0. The van der Waals surface area contributed by atoms with Crippen LogP contribution < -0.4 is 15.9 Å². The average Bonchev–Trinajstić information content (AvgIpc) is 2.84. The van der Waals surface area contributed by atoms with Gasteiger partial charge >= 0.3 is 12.3 Å². The first kappa shape index (κ1) is 28.4. The summed E-state index contributed by atoms with van der Waals surface area (Å²) in [5.74, 6) is -6.82. The molecule has 1 N–H and O–H groups in total. The molecule has 9 nitrogen and oxygen atoms in total. The lowest BCUT2D eigenvalue weighted by atomic mass is 10.0. The molecular weight excluding hydrogens is 524 g/mol. The summed E-state index contributed by atoms with van der Waals surface area (Å²) in [4.78, 5) is 35.5. The van der Waals surface area contributed by atoms with E-state index in [4.69, 9.17) is 9.47 Å². The van der Waals surface area contributed by atoms with Crippen LogP contribution in [-0.4, -0.2) is 33.1 Å². The molecule has 0 radical (unpaired) electrons. The number of nitrogens with zero attached hydrogens (tertiary/aromatic N) is 4. The quantitative estimate of drug-likeness (QED) is 0.403. The molecule has 38 heavy (non-hydrogen) atoms. The van der Waals surface area contributed by atoms with Crippen molar-refractivity contribution >= 4 is 0 Å². The summed E-state index contributed by atoms with van der Waals surface area (Å²) in [7, 11) is 1.37. The number of nitrogens with one attached hydrogen (secondary N) is 1. The van der Waals surface area contributed by atoms with Gasteiger partial charge in [0.25, 0.3) is 17.5 Å². The normalized spacial score (nSPS) is 11.7. The summed E-state index contributed by atoms with van der Waals surface area (Å²) in [6.07, 6.45) is -6.90. The minimum absolute atomic E-state index is 0.0328. The fourth-order valence-electron chi connectivity index (χ4n) is 3.41. The van der Waals surface area contributed by atoms with E-state index in [1.54, 1.807) is 6.07 Å². The van der Waals surface area contributed by atoms with Crippen molar-refractivity contribution in [3.8, 4) is 17.6 Å². The van der Waals surface area contributed by atoms with Crippen LogP contribution in [0.15, 0.2) is 28.0 Å². The average molecular weight is 543 g/mol. The number of alkyl halides is 6. The highest BCUT2D eigenvalue weighted by molar-refractivity contribution is 5.51. The molecule has 202 valence electrons. The Morgan fingerprint density at radius 2 is 1.87 bits per heavy atom. The van der Waals surface area contributed by atoms with Crippen molar-refractivity contribution in [3.63, 3.8) is 0 Å². The highest BCUT2D eigenvalue weighted by atomic mass is 19.3. The molecule has 0 saturated heterocycles. The van der Waals surface area contributed by atoms with Crippen molar-refractivity contribution in [2.75, 3.05) is 7.11 Å². The summed E-state index contributed by atoms with van der Waals surface area (Å²) in [6, 6.07) is 3.15. The number of aryl methyl sites for hydroxylation is 1. The number of hydrogen-bond donors (Lipinski definition) is 1. The minimum atomic E-state index is -4.98. The van der Waals surface area contributed by atoms with Crippen molar-refractivity contribution in [2.45, 2.75) is 45.8 Å². The van der Waals surface area contributed by atoms with Gasteiger partial charge in [0.1, 0.15) is 18.2 Å². The van der Waals surface area contributed by atoms with E-state index < -0.39 is 59.2 Å². The summed E-state index contributed by atoms with van der Waals surface area (Å²) < 4.78 is 92.6. The third-order valence-electron chi connectivity index (χ3n) is 5.43. The lowest BCUT2D eigenvalue weighted by Gasteiger charge is -2.20. The van der Waals surface area contributed by atoms with Crippen LogP contribution in [-0.2, 0) is 23.8 Å². The lowest BCUT2D eigenvalue weighted by Crippen LogP contribution is -2.33. The van der Waals surface area contributed by atoms with Crippen LogP contribution in [0.2, 0.25) is 0 Å². The molecule has 2 heterocycles. The van der Waals surface area contributed by atoms with E-state index in [2.05, 4.69) is 15.0 Å². The van der Waals surface area contributed by atoms with Crippen LogP contribution >= 0.6 is 0 Å². The number of aromatic nitrogens is 4. The molecule has 0 amide bonds. The van der Waals surface area contributed by atoms with E-state index in [0.717, 1.165) is 6.07 Å². The maximum absolute atomic E-state index is 14.4. The van der Waals surface area contributed by atoms with Gasteiger partial charge in [0, 0.05) is 23.9 Å². The maximum Gasteiger partial charge on any atom is 0.352 e. The van der Waals surface area contributed by atoms with Gasteiger partial charge in [-0.25, -0.2) is 27.5 Å². The van der Waals surface area contributed by atoms with Crippen molar-refractivity contribution < 1.29 is 35.8 Å². The number of benzene rings is 1. The Bertz CT molecular complexity index is 1510. The molecule has 1 aromatic carbocycles. The van der Waals surface area contributed by atoms with Gasteiger partial charge in [-0.05, 0) is 26.0 Å². The zero-order valence-corrected chi connectivity index (χ0v) is 20.0. The Labute approximate surface area is 210 Å². The van der Waals surface area contributed by atoms with Gasteiger partial charge in [-0.1, -0.05) is 0 Å². The molecule has 0 aliphatic carbocycles. The lowest BCUT2D eigenvalue weighted by molar-refractivity contribution is -0.139. The molecule has 0 bridgehead atoms. The van der Waals surface area contributed by atoms with Gasteiger partial charge < -0.3 is 14.5 Å². The van der Waals surface area contributed by atoms with Gasteiger partial charge in [-0.3, -0.25) is 14.2 Å². The third-order valence-corrected chi connectivity index (χ3v) is 5.43. The number of hydrogen-bond acceptors (Lipinski definition) is 7. The highest BCUT2D eigenvalue weighted by Crippen LogP contribution is 2.39. The zero-order valence-electron chi connectivity index (χ0n) is 20.0. The minimum Gasteiger partial charge on any atom is -0.449 e. The summed E-state index contributed by atoms with van der Waals surface area (Å²) in [5.41, 5.74) is -4.99. The van der Waals surface area contributed by atoms with Crippen LogP contribution in [0.5, 0.6) is 11.5 Å². The molecule has 3 rings (SSSR count). The fourth-order valence-corrected chi connectivity index (χ4v) is 3.41. The molecule has 0 saturated carbocycles. The van der Waals surface area contributed by atoms with E-state index in [1.165, 1.54) is 21.0 Å². The Hall–Kier alpha value is -4.19. The predicted molar refractivity (Wildman–Crippen MR) is 119 cm³/mol. The number of nitriles is 1. The first-order chi connectivity index (χ1) is 17.8. The van der Waals surface area contributed by atoms with Crippen LogP contribution in [0.4, 0.5) is 26.3 Å². The molecule has 0 atom stereocenters. The SMILES string of the molecule is COCc1nc(C)c(Cn2cnc(C(F)(F)C(F)F)c(Oc3cc(C(F)F)cc(C#N)c3C)c2=O)c(=O)[nH]1. The number of halogens is 6. The van der Waals surface area contributed by atoms with Gasteiger partial charge in [0.15, 0.2) is 5.69 Å². The Morgan fingerprint density at radius 1 is 1.18 bits per heavy atom. The number of rotatable bonds is 9. The number of aromatic amines is 1. The van der Waals surface area contributed by atoms with Crippen molar-refractivity contribution in [1.29, 1.82) is 5.26 Å². The molecule has 3 aromatic rings. The molecular formula is C23H19F6N5O4. The second-order valence-corrected chi connectivity index (χ2v) is 7.99. The van der Waals surface area contributed by atoms with E-state index in [1.807, 2.05) is 0 Å². The third kappa shape index (κ3) is 5.54. The van der Waals surface area contributed by atoms with Crippen molar-refractivity contribution in [1.82, 2.24) is 19.5 Å². The first-order valence-electron chi connectivity index (χ1n) is 10.7. The Balaban J connectivity index is 2.21. The van der Waals surface area contributed by atoms with E-state index in [9.17, 15) is 41.2 Å². The monoisotopic (exact) mass is 543 g/mol. The Kier molecular flexibility index (Phi) is 8.25. The molecule has 0 aliphatic heterocycles. The van der Waals surface area contributed by atoms with Crippen LogP contribution in [0.3, 0.4) is 0 Å². The zero-order chi connectivity index (χ0) is 28.4. The molecule has 0 fully saturated rings. The molecule has 0 aliphatic rings. The van der Waals surface area contributed by atoms with E-state index >= 15 is 0 Å². The van der Waals surface area contributed by atoms with Gasteiger partial charge in [0.05, 0.1) is 30.1 Å². The predicted octanol–water partition coefficient (Wildman–Crippen LogP) is 4.10. The molecule has 0 spiro atoms. The highest BCUT2D eigenvalue weighted by Gasteiger charge is 2.48. The van der Waals surface area contributed by atoms with Crippen LogP contribution in [0.1, 0.15) is 45.9 Å². The van der Waals surface area contributed by atoms with E-state index in [-0.39, 0.29) is 34.8 Å². The second-order valence-electron chi connectivity index (χ2n) is 7.99. The topological polar surface area (TPSA) is 123 Å². The largest absolute Gasteiger partial charge is 0.449 e. The summed E-state index contributed by atoms with van der Waals surface area (Å²) in [6.45, 7) is 2.04. The second kappa shape index (κ2) is 11.1. The van der Waals surface area contributed by atoms with Crippen molar-refractivity contribution in [3.05, 3.63) is 78.6 Å². The molecule has 15 heteroatoms. The fraction of sp³-hybridized carbons (Fsp3) is 0.348. The smallest absolute Gasteiger partial charge is 0.352 e. The first-order valence-corrected chi connectivity index (χ1v) is 10.7. The molecule has 0 unspecified atom stereocenters. The van der Waals surface area contributed by atoms with E-state index in [0.29, 0.717) is 17.0 Å². The number of H-pyrrole nitrogens is 1.